The van der Waals surface area contributed by atoms with Gasteiger partial charge in [-0.25, -0.2) is 0 Å². The molecule has 1 aromatic heterocycles. The first-order valence-corrected chi connectivity index (χ1v) is 6.72. The predicted octanol–water partition coefficient (Wildman–Crippen LogP) is 4.83. The lowest BCUT2D eigenvalue weighted by molar-refractivity contribution is 0.212. The maximum Gasteiger partial charge on any atom is 0.113 e. The highest BCUT2D eigenvalue weighted by Gasteiger charge is 2.44. The van der Waals surface area contributed by atoms with Crippen molar-refractivity contribution < 1.29 is 4.84 Å². The first-order chi connectivity index (χ1) is 7.56. The molecule has 0 radical (unpaired) electrons. The summed E-state index contributed by atoms with van der Waals surface area (Å²) in [4.78, 5) is 4.75. The largest absolute Gasteiger partial charge is 0.399 e. The quantitative estimate of drug-likeness (QED) is 0.578. The molecule has 0 N–H and O–H groups in total. The maximum atomic E-state index is 6.12. The summed E-state index contributed by atoms with van der Waals surface area (Å²) in [7, 11) is 1.54. The van der Waals surface area contributed by atoms with Crippen LogP contribution in [0, 0.1) is 5.92 Å². The van der Waals surface area contributed by atoms with Crippen molar-refractivity contribution in [3.05, 3.63) is 19.3 Å². The average Bonchev–Trinajstić information content (AvgIpc) is 2.93. The number of oxime groups is 1. The third kappa shape index (κ3) is 2.19. The van der Waals surface area contributed by atoms with E-state index in [0.29, 0.717) is 25.5 Å². The van der Waals surface area contributed by atoms with Gasteiger partial charge in [0.15, 0.2) is 0 Å². The van der Waals surface area contributed by atoms with E-state index in [9.17, 15) is 0 Å². The molecular formula is C10H10Cl3NOS. The molecule has 1 aliphatic carbocycles. The lowest BCUT2D eigenvalue weighted by Gasteiger charge is -1.99. The van der Waals surface area contributed by atoms with Crippen LogP contribution in [0.1, 0.15) is 24.8 Å². The number of halogens is 3. The van der Waals surface area contributed by atoms with Gasteiger partial charge in [0.2, 0.25) is 0 Å². The number of hydrogen-bond acceptors (Lipinski definition) is 3. The molecule has 6 heteroatoms. The summed E-state index contributed by atoms with van der Waals surface area (Å²) in [5.74, 6) is 0.711. The summed E-state index contributed by atoms with van der Waals surface area (Å²) < 4.78 is 1.25. The van der Waals surface area contributed by atoms with Gasteiger partial charge < -0.3 is 4.84 Å². The Morgan fingerprint density at radius 1 is 1.38 bits per heavy atom. The Bertz CT molecular complexity index is 444. The molecule has 1 aromatic rings. The van der Waals surface area contributed by atoms with Gasteiger partial charge in [-0.1, -0.05) is 40.0 Å². The standard InChI is InChI=1S/C10H10Cl3NOS/c1-4(14-15-2)5-3-6(5)7-8(11)10(13)16-9(7)12/h5-6H,3H2,1-2H3. The van der Waals surface area contributed by atoms with Crippen LogP contribution in [0.4, 0.5) is 0 Å². The number of nitrogens with zero attached hydrogens (tertiary/aromatic N) is 1. The molecule has 1 saturated carbocycles. The van der Waals surface area contributed by atoms with E-state index in [-0.39, 0.29) is 0 Å². The van der Waals surface area contributed by atoms with Gasteiger partial charge in [0.25, 0.3) is 0 Å². The molecule has 1 aliphatic rings. The van der Waals surface area contributed by atoms with E-state index in [1.807, 2.05) is 6.92 Å². The van der Waals surface area contributed by atoms with Crippen molar-refractivity contribution in [1.29, 1.82) is 0 Å². The second kappa shape index (κ2) is 4.73. The zero-order valence-corrected chi connectivity index (χ0v) is 11.8. The molecule has 1 fully saturated rings. The van der Waals surface area contributed by atoms with Gasteiger partial charge in [-0.15, -0.1) is 11.3 Å². The van der Waals surface area contributed by atoms with Crippen LogP contribution < -0.4 is 0 Å². The Hall–Kier alpha value is 0.0400. The lowest BCUT2D eigenvalue weighted by Crippen LogP contribution is -1.97. The van der Waals surface area contributed by atoms with Crippen LogP contribution >= 0.6 is 46.1 Å². The number of rotatable bonds is 3. The number of thiophene rings is 1. The minimum Gasteiger partial charge on any atom is -0.399 e. The second-order valence-corrected chi connectivity index (χ2v) is 6.34. The van der Waals surface area contributed by atoms with Gasteiger partial charge in [-0.2, -0.15) is 0 Å². The highest BCUT2D eigenvalue weighted by molar-refractivity contribution is 7.20. The third-order valence-corrected chi connectivity index (χ3v) is 4.97. The maximum absolute atomic E-state index is 6.12. The first kappa shape index (κ1) is 12.5. The Kier molecular flexibility index (Phi) is 3.69. The van der Waals surface area contributed by atoms with E-state index in [4.69, 9.17) is 39.6 Å². The zero-order valence-electron chi connectivity index (χ0n) is 8.76. The van der Waals surface area contributed by atoms with Crippen molar-refractivity contribution in [3.8, 4) is 0 Å². The topological polar surface area (TPSA) is 21.6 Å². The van der Waals surface area contributed by atoms with Crippen LogP contribution in [-0.2, 0) is 4.84 Å². The monoisotopic (exact) mass is 297 g/mol. The van der Waals surface area contributed by atoms with Crippen molar-refractivity contribution in [3.63, 3.8) is 0 Å². The summed E-state index contributed by atoms with van der Waals surface area (Å²) in [6.07, 6.45) is 1.01. The lowest BCUT2D eigenvalue weighted by atomic mass is 10.1. The Morgan fingerprint density at radius 2 is 2.06 bits per heavy atom. The van der Waals surface area contributed by atoms with E-state index in [2.05, 4.69) is 5.16 Å². The Labute approximate surface area is 113 Å². The van der Waals surface area contributed by atoms with Gasteiger partial charge in [0.05, 0.1) is 15.1 Å². The van der Waals surface area contributed by atoms with Crippen LogP contribution in [0.25, 0.3) is 0 Å². The molecule has 2 rings (SSSR count). The summed E-state index contributed by atoms with van der Waals surface area (Å²) in [6, 6.07) is 0. The van der Waals surface area contributed by atoms with Crippen LogP contribution in [0.15, 0.2) is 5.16 Å². The third-order valence-electron chi connectivity index (χ3n) is 2.73. The second-order valence-electron chi connectivity index (χ2n) is 3.74. The molecule has 0 spiro atoms. The molecule has 2 atom stereocenters. The van der Waals surface area contributed by atoms with Crippen molar-refractivity contribution in [2.75, 3.05) is 7.11 Å². The fourth-order valence-corrected chi connectivity index (χ4v) is 3.96. The SMILES string of the molecule is CON=C(C)C1CC1c1c(Cl)sc(Cl)c1Cl. The highest BCUT2D eigenvalue weighted by Crippen LogP contribution is 2.56. The minimum atomic E-state index is 0.336. The predicted molar refractivity (Wildman–Crippen MR) is 70.3 cm³/mol. The van der Waals surface area contributed by atoms with Gasteiger partial charge >= 0.3 is 0 Å². The molecule has 0 aromatic carbocycles. The van der Waals surface area contributed by atoms with E-state index < -0.39 is 0 Å². The number of hydrogen-bond donors (Lipinski definition) is 0. The van der Waals surface area contributed by atoms with E-state index in [0.717, 1.165) is 17.7 Å². The molecular weight excluding hydrogens is 289 g/mol. The van der Waals surface area contributed by atoms with Crippen LogP contribution in [-0.4, -0.2) is 12.8 Å². The molecule has 2 nitrogen and oxygen atoms in total. The van der Waals surface area contributed by atoms with E-state index >= 15 is 0 Å². The van der Waals surface area contributed by atoms with E-state index in [1.54, 1.807) is 7.11 Å². The van der Waals surface area contributed by atoms with Crippen molar-refractivity contribution in [2.24, 2.45) is 11.1 Å². The molecule has 0 bridgehead atoms. The molecule has 88 valence electrons. The summed E-state index contributed by atoms with van der Waals surface area (Å²) >= 11 is 19.5. The Balaban J connectivity index is 2.20. The minimum absolute atomic E-state index is 0.336. The molecule has 16 heavy (non-hydrogen) atoms. The molecule has 0 saturated heterocycles. The Morgan fingerprint density at radius 3 is 2.56 bits per heavy atom. The van der Waals surface area contributed by atoms with Gasteiger partial charge in [-0.05, 0) is 19.3 Å². The van der Waals surface area contributed by atoms with Crippen molar-refractivity contribution in [1.82, 2.24) is 0 Å². The van der Waals surface area contributed by atoms with Gasteiger partial charge in [0.1, 0.15) is 11.4 Å². The van der Waals surface area contributed by atoms with Crippen LogP contribution in [0.5, 0.6) is 0 Å². The molecule has 2 unspecified atom stereocenters. The fourth-order valence-electron chi connectivity index (χ4n) is 1.87. The zero-order chi connectivity index (χ0) is 11.9. The highest BCUT2D eigenvalue weighted by atomic mass is 35.5. The normalized spacial score (nSPS) is 24.7. The average molecular weight is 299 g/mol. The van der Waals surface area contributed by atoms with Gasteiger partial charge in [0, 0.05) is 11.5 Å². The van der Waals surface area contributed by atoms with E-state index in [1.165, 1.54) is 11.3 Å². The van der Waals surface area contributed by atoms with Crippen LogP contribution in [0.2, 0.25) is 13.7 Å². The summed E-state index contributed by atoms with van der Waals surface area (Å²) in [6.45, 7) is 1.95. The molecule has 1 heterocycles. The smallest absolute Gasteiger partial charge is 0.113 e. The molecule has 0 amide bonds. The van der Waals surface area contributed by atoms with Crippen molar-refractivity contribution >= 4 is 51.9 Å². The van der Waals surface area contributed by atoms with Gasteiger partial charge in [-0.3, -0.25) is 0 Å². The van der Waals surface area contributed by atoms with Crippen LogP contribution in [0.3, 0.4) is 0 Å². The first-order valence-electron chi connectivity index (χ1n) is 4.77. The fraction of sp³-hybridized carbons (Fsp3) is 0.500. The molecule has 0 aliphatic heterocycles. The summed E-state index contributed by atoms with van der Waals surface area (Å²) in [5.41, 5.74) is 1.94. The summed E-state index contributed by atoms with van der Waals surface area (Å²) in [5, 5.41) is 4.52. The van der Waals surface area contributed by atoms with Crippen molar-refractivity contribution in [2.45, 2.75) is 19.3 Å².